The Morgan fingerprint density at radius 3 is 1.36 bits per heavy atom. The number of benzene rings is 6. The van der Waals surface area contributed by atoms with Crippen molar-refractivity contribution in [1.82, 2.24) is 49.3 Å². The summed E-state index contributed by atoms with van der Waals surface area (Å²) in [5.41, 5.74) is 19.1. The monoisotopic (exact) mass is 1320 g/mol. The third kappa shape index (κ3) is 17.0. The molecular formula is C64H59Cl2F2N17O9. The highest BCUT2D eigenvalue weighted by Crippen LogP contribution is 2.35. The molecule has 0 radical (unpaired) electrons. The van der Waals surface area contributed by atoms with E-state index < -0.39 is 77.7 Å². The number of amides is 8. The SMILES string of the molecule is CC(C)N(CC(=O)Nc1cccc(-c2ccccc2Cl)c1F)C(=O)Cn1nc(C(N)=O)c2cc(C(=O)O)ccc21.CC(C)N(CC(=O)Nc1cccc(-c2ccccc2Cl)c1F)C(=O)Cn1nc(C(N)=O)c2cc(NC(=O)Nc3cncnc3)ccc21.Nc1cncnc1. The number of aromatic carboxylic acids is 1. The van der Waals surface area contributed by atoms with Crippen LogP contribution in [0.1, 0.15) is 59.0 Å². The van der Waals surface area contributed by atoms with Crippen molar-refractivity contribution in [3.8, 4) is 22.3 Å². The van der Waals surface area contributed by atoms with Gasteiger partial charge in [0.25, 0.3) is 11.8 Å². The molecule has 8 amide bonds. The van der Waals surface area contributed by atoms with E-state index in [4.69, 9.17) is 40.4 Å². The zero-order valence-corrected chi connectivity index (χ0v) is 51.9. The number of nitrogens with two attached hydrogens (primary N) is 3. The second kappa shape index (κ2) is 30.8. The van der Waals surface area contributed by atoms with E-state index in [0.717, 1.165) is 0 Å². The minimum Gasteiger partial charge on any atom is -0.478 e. The van der Waals surface area contributed by atoms with Gasteiger partial charge in [-0.05, 0) is 88.4 Å². The summed E-state index contributed by atoms with van der Waals surface area (Å²) < 4.78 is 33.2. The van der Waals surface area contributed by atoms with Crippen LogP contribution in [0.15, 0.2) is 159 Å². The highest BCUT2D eigenvalue weighted by atomic mass is 35.5. The zero-order valence-electron chi connectivity index (χ0n) is 50.4. The van der Waals surface area contributed by atoms with Crippen molar-refractivity contribution < 1.29 is 52.2 Å². The number of primary amides is 2. The quantitative estimate of drug-likeness (QED) is 0.0374. The van der Waals surface area contributed by atoms with Crippen molar-refractivity contribution in [2.45, 2.75) is 52.9 Å². The second-order valence-corrected chi connectivity index (χ2v) is 21.8. The molecule has 0 aliphatic rings. The zero-order chi connectivity index (χ0) is 67.9. The van der Waals surface area contributed by atoms with Crippen molar-refractivity contribution in [1.29, 1.82) is 0 Å². The Labute approximate surface area is 544 Å². The number of rotatable bonds is 19. The lowest BCUT2D eigenvalue weighted by Gasteiger charge is -2.26. The molecule has 0 unspecified atom stereocenters. The third-order valence-corrected chi connectivity index (χ3v) is 14.5. The molecule has 10 aromatic rings. The predicted octanol–water partition coefficient (Wildman–Crippen LogP) is 9.13. The van der Waals surface area contributed by atoms with E-state index in [0.29, 0.717) is 54.7 Å². The van der Waals surface area contributed by atoms with Gasteiger partial charge >= 0.3 is 12.0 Å². The second-order valence-electron chi connectivity index (χ2n) is 21.0. The van der Waals surface area contributed by atoms with Gasteiger partial charge < -0.3 is 53.4 Å². The molecule has 0 bridgehead atoms. The van der Waals surface area contributed by atoms with E-state index >= 15 is 8.78 Å². The fourth-order valence-corrected chi connectivity index (χ4v) is 9.89. The van der Waals surface area contributed by atoms with Gasteiger partial charge in [-0.1, -0.05) is 83.9 Å². The van der Waals surface area contributed by atoms with Crippen LogP contribution in [0, 0.1) is 11.6 Å². The van der Waals surface area contributed by atoms with Crippen LogP contribution in [0.4, 0.5) is 42.0 Å². The van der Waals surface area contributed by atoms with Crippen LogP contribution in [-0.2, 0) is 32.3 Å². The van der Waals surface area contributed by atoms with Gasteiger partial charge in [0, 0.05) is 60.8 Å². The molecule has 0 saturated heterocycles. The maximum Gasteiger partial charge on any atom is 0.335 e. The topological polar surface area (TPSA) is 377 Å². The summed E-state index contributed by atoms with van der Waals surface area (Å²) in [6.07, 6.45) is 8.70. The lowest BCUT2D eigenvalue weighted by Crippen LogP contribution is -2.44. The summed E-state index contributed by atoms with van der Waals surface area (Å²) in [5, 5.41) is 29.1. The van der Waals surface area contributed by atoms with Crippen molar-refractivity contribution in [2.75, 3.05) is 40.1 Å². The molecule has 0 spiro atoms. The molecule has 0 fully saturated rings. The van der Waals surface area contributed by atoms with Crippen LogP contribution in [0.25, 0.3) is 44.1 Å². The van der Waals surface area contributed by atoms with Crippen LogP contribution >= 0.6 is 23.2 Å². The molecule has 482 valence electrons. The number of hydrogen-bond acceptors (Lipinski definition) is 15. The molecule has 6 aromatic carbocycles. The van der Waals surface area contributed by atoms with E-state index in [-0.39, 0.29) is 64.5 Å². The Balaban J connectivity index is 0.000000220. The Morgan fingerprint density at radius 2 is 0.947 bits per heavy atom. The molecule has 30 heteroatoms. The summed E-state index contributed by atoms with van der Waals surface area (Å²) in [5.74, 6) is -6.54. The van der Waals surface area contributed by atoms with Crippen molar-refractivity contribution in [3.05, 3.63) is 197 Å². The van der Waals surface area contributed by atoms with E-state index in [2.05, 4.69) is 51.4 Å². The molecule has 4 aromatic heterocycles. The highest BCUT2D eigenvalue weighted by molar-refractivity contribution is 6.33. The normalized spacial score (nSPS) is 10.8. The minimum atomic E-state index is -1.20. The van der Waals surface area contributed by atoms with Gasteiger partial charge in [-0.25, -0.2) is 38.3 Å². The van der Waals surface area contributed by atoms with E-state index in [1.807, 2.05) is 0 Å². The third-order valence-electron chi connectivity index (χ3n) is 13.8. The van der Waals surface area contributed by atoms with Gasteiger partial charge in [0.2, 0.25) is 23.6 Å². The van der Waals surface area contributed by atoms with Gasteiger partial charge in [0.15, 0.2) is 23.0 Å². The number of carbonyl (C=O) groups excluding carboxylic acids is 7. The van der Waals surface area contributed by atoms with E-state index in [9.17, 15) is 43.5 Å². The van der Waals surface area contributed by atoms with Crippen LogP contribution < -0.4 is 38.5 Å². The number of carboxylic acid groups (broad SMARTS) is 1. The van der Waals surface area contributed by atoms with Crippen LogP contribution in [0.5, 0.6) is 0 Å². The number of fused-ring (bicyclic) bond motifs is 2. The molecule has 26 nitrogen and oxygen atoms in total. The van der Waals surface area contributed by atoms with Crippen LogP contribution in [0.3, 0.4) is 0 Å². The number of carboxylic acids is 1. The Bertz CT molecular complexity index is 4500. The van der Waals surface area contributed by atoms with Crippen molar-refractivity contribution >= 4 is 121 Å². The van der Waals surface area contributed by atoms with Gasteiger partial charge in [0.05, 0.1) is 64.1 Å². The molecule has 4 heterocycles. The standard InChI is InChI=1S/C32H29ClFN9O4.C28H25ClFN5O5.C4H5N3/c1-18(2)42(15-27(44)40-25-9-5-7-22(29(25)34)21-6-3-4-8-24(21)33)28(45)16-43-26-11-10-19(12-23(26)30(41-43)31(35)46)38-32(47)39-20-13-36-17-37-14-20;1-15(2)34(13-23(36)32-21-9-5-7-18(25(21)30)17-6-3-4-8-20(17)29)24(37)14-35-22-11-10-16(28(39)40)12-19(22)26(33-35)27(31)38;5-4-1-6-3-7-2-4/h3-14,17-18H,15-16H2,1-2H3,(H2,35,46)(H,40,44)(H2,38,39,47);3-12,15H,13-14H2,1-2H3,(H2,31,38)(H,32,36)(H,39,40);1-3H,5H2. The molecular weight excluding hydrogens is 1260 g/mol. The summed E-state index contributed by atoms with van der Waals surface area (Å²) in [6, 6.07) is 29.8. The number of nitrogens with zero attached hydrogens (tertiary/aromatic N) is 10. The number of nitrogens with one attached hydrogen (secondary N) is 4. The fraction of sp³-hybridized carbons (Fsp3) is 0.156. The smallest absolute Gasteiger partial charge is 0.335 e. The van der Waals surface area contributed by atoms with Crippen molar-refractivity contribution in [3.63, 3.8) is 0 Å². The first-order valence-corrected chi connectivity index (χ1v) is 29.1. The first-order valence-electron chi connectivity index (χ1n) is 28.3. The Morgan fingerprint density at radius 1 is 0.532 bits per heavy atom. The van der Waals surface area contributed by atoms with Gasteiger partial charge in [-0.2, -0.15) is 10.2 Å². The number of halogens is 4. The maximum absolute atomic E-state index is 15.4. The maximum atomic E-state index is 15.4. The van der Waals surface area contributed by atoms with E-state index in [1.54, 1.807) is 125 Å². The summed E-state index contributed by atoms with van der Waals surface area (Å²) in [6.45, 7) is 5.39. The Kier molecular flexibility index (Phi) is 22.3. The van der Waals surface area contributed by atoms with E-state index in [1.165, 1.54) is 80.6 Å². The lowest BCUT2D eigenvalue weighted by molar-refractivity contribution is -0.137. The molecule has 0 aliphatic heterocycles. The summed E-state index contributed by atoms with van der Waals surface area (Å²) in [4.78, 5) is 118. The average Bonchev–Trinajstić information content (AvgIpc) is 1.61. The highest BCUT2D eigenvalue weighted by Gasteiger charge is 2.27. The molecule has 10 rings (SSSR count). The molecule has 0 saturated carbocycles. The van der Waals surface area contributed by atoms with Crippen LogP contribution in [-0.4, -0.2) is 127 Å². The average molecular weight is 1320 g/mol. The number of anilines is 5. The minimum absolute atomic E-state index is 0.0667. The van der Waals surface area contributed by atoms with Crippen LogP contribution in [0.2, 0.25) is 10.0 Å². The Hall–Kier alpha value is -11.8. The summed E-state index contributed by atoms with van der Waals surface area (Å²) >= 11 is 12.5. The molecule has 0 atom stereocenters. The molecule has 0 aliphatic carbocycles. The molecule has 94 heavy (non-hydrogen) atoms. The van der Waals surface area contributed by atoms with Gasteiger partial charge in [-0.3, -0.25) is 38.1 Å². The van der Waals surface area contributed by atoms with Crippen molar-refractivity contribution in [2.24, 2.45) is 11.5 Å². The largest absolute Gasteiger partial charge is 0.478 e. The van der Waals surface area contributed by atoms with Gasteiger partial charge in [0.1, 0.15) is 38.8 Å². The number of carbonyl (C=O) groups is 8. The first-order chi connectivity index (χ1) is 44.9. The number of urea groups is 1. The number of nitrogen functional groups attached to an aromatic ring is 1. The predicted molar refractivity (Wildman–Crippen MR) is 349 cm³/mol. The number of hydrogen-bond donors (Lipinski definition) is 8. The molecule has 11 N–H and O–H groups in total. The van der Waals surface area contributed by atoms with Gasteiger partial charge in [-0.15, -0.1) is 0 Å². The lowest BCUT2D eigenvalue weighted by atomic mass is 10.0. The fourth-order valence-electron chi connectivity index (χ4n) is 9.42. The number of aromatic nitrogens is 8. The summed E-state index contributed by atoms with van der Waals surface area (Å²) in [7, 11) is 0. The first kappa shape index (κ1) is 68.1.